The SMILES string of the molecule is Cc1ccccc1S(=O)(=O)O.[H-].[Na+]. The van der Waals surface area contributed by atoms with E-state index in [2.05, 4.69) is 0 Å². The zero-order valence-corrected chi connectivity index (χ0v) is 9.80. The van der Waals surface area contributed by atoms with Crippen LogP contribution in [-0.2, 0) is 10.1 Å². The van der Waals surface area contributed by atoms with Gasteiger partial charge in [0, 0.05) is 0 Å². The Morgan fingerprint density at radius 2 is 1.83 bits per heavy atom. The smallest absolute Gasteiger partial charge is 1.00 e. The molecule has 1 aromatic rings. The van der Waals surface area contributed by atoms with Crippen LogP contribution in [0.15, 0.2) is 29.2 Å². The molecule has 0 bridgehead atoms. The fraction of sp³-hybridized carbons (Fsp3) is 0.143. The van der Waals surface area contributed by atoms with Crippen molar-refractivity contribution in [3.05, 3.63) is 29.8 Å². The molecule has 0 radical (unpaired) electrons. The molecule has 62 valence electrons. The molecule has 0 aliphatic heterocycles. The first-order valence-electron chi connectivity index (χ1n) is 3.05. The second-order valence-electron chi connectivity index (χ2n) is 2.24. The number of benzene rings is 1. The number of rotatable bonds is 1. The first-order valence-corrected chi connectivity index (χ1v) is 4.49. The van der Waals surface area contributed by atoms with E-state index in [1.54, 1.807) is 25.1 Å². The Hall–Kier alpha value is 0.130. The topological polar surface area (TPSA) is 54.4 Å². The van der Waals surface area contributed by atoms with Gasteiger partial charge in [0.05, 0.1) is 4.90 Å². The molecule has 0 amide bonds. The van der Waals surface area contributed by atoms with Crippen LogP contribution < -0.4 is 29.6 Å². The molecule has 0 saturated heterocycles. The number of aryl methyl sites for hydroxylation is 1. The van der Waals surface area contributed by atoms with Crippen LogP contribution in [-0.4, -0.2) is 13.0 Å². The van der Waals surface area contributed by atoms with E-state index in [0.29, 0.717) is 5.56 Å². The fourth-order valence-corrected chi connectivity index (χ4v) is 1.57. The number of hydrogen-bond acceptors (Lipinski definition) is 2. The minimum absolute atomic E-state index is 0. The van der Waals surface area contributed by atoms with E-state index in [0.717, 1.165) is 0 Å². The molecule has 3 nitrogen and oxygen atoms in total. The van der Waals surface area contributed by atoms with Crippen molar-refractivity contribution in [2.75, 3.05) is 0 Å². The Kier molecular flexibility index (Phi) is 4.44. The van der Waals surface area contributed by atoms with Gasteiger partial charge in [-0.2, -0.15) is 8.42 Å². The molecule has 0 atom stereocenters. The second-order valence-corrected chi connectivity index (χ2v) is 3.63. The van der Waals surface area contributed by atoms with Gasteiger partial charge in [-0.3, -0.25) is 4.55 Å². The summed E-state index contributed by atoms with van der Waals surface area (Å²) in [6, 6.07) is 6.27. The van der Waals surface area contributed by atoms with Crippen LogP contribution in [0.2, 0.25) is 0 Å². The van der Waals surface area contributed by atoms with E-state index in [1.165, 1.54) is 6.07 Å². The first kappa shape index (κ1) is 12.1. The predicted molar refractivity (Wildman–Crippen MR) is 42.1 cm³/mol. The third kappa shape index (κ3) is 2.88. The van der Waals surface area contributed by atoms with Crippen molar-refractivity contribution in [1.82, 2.24) is 0 Å². The molecule has 1 rings (SSSR count). The van der Waals surface area contributed by atoms with Crippen LogP contribution in [0, 0.1) is 6.92 Å². The van der Waals surface area contributed by atoms with Crippen LogP contribution in [0.1, 0.15) is 6.99 Å². The van der Waals surface area contributed by atoms with E-state index in [1.807, 2.05) is 0 Å². The molecule has 0 heterocycles. The van der Waals surface area contributed by atoms with Crippen molar-refractivity contribution >= 4 is 10.1 Å². The molecule has 12 heavy (non-hydrogen) atoms. The summed E-state index contributed by atoms with van der Waals surface area (Å²) < 4.78 is 29.9. The summed E-state index contributed by atoms with van der Waals surface area (Å²) in [7, 11) is -4.03. The molecule has 0 unspecified atom stereocenters. The minimum Gasteiger partial charge on any atom is -1.00 e. The van der Waals surface area contributed by atoms with E-state index in [4.69, 9.17) is 4.55 Å². The molecule has 0 aromatic heterocycles. The van der Waals surface area contributed by atoms with Crippen molar-refractivity contribution in [2.24, 2.45) is 0 Å². The summed E-state index contributed by atoms with van der Waals surface area (Å²) >= 11 is 0. The maximum Gasteiger partial charge on any atom is 1.00 e. The van der Waals surface area contributed by atoms with E-state index in [-0.39, 0.29) is 35.9 Å². The average molecular weight is 196 g/mol. The molecule has 1 N–H and O–H groups in total. The Bertz CT molecular complexity index is 364. The maximum absolute atomic E-state index is 10.6. The van der Waals surface area contributed by atoms with Gasteiger partial charge in [0.2, 0.25) is 0 Å². The molecule has 0 aliphatic carbocycles. The van der Waals surface area contributed by atoms with E-state index >= 15 is 0 Å². The van der Waals surface area contributed by atoms with Gasteiger partial charge in [-0.1, -0.05) is 18.2 Å². The molecule has 0 spiro atoms. The molecule has 0 saturated carbocycles. The van der Waals surface area contributed by atoms with Gasteiger partial charge in [0.25, 0.3) is 10.1 Å². The van der Waals surface area contributed by atoms with Crippen molar-refractivity contribution in [3.8, 4) is 0 Å². The second kappa shape index (κ2) is 4.39. The Morgan fingerprint density at radius 1 is 1.33 bits per heavy atom. The summed E-state index contributed by atoms with van der Waals surface area (Å²) in [5.41, 5.74) is 0.551. The molecular formula is C7H9NaO3S. The fourth-order valence-electron chi connectivity index (χ4n) is 0.846. The van der Waals surface area contributed by atoms with Crippen molar-refractivity contribution < 1.29 is 44.0 Å². The Morgan fingerprint density at radius 3 is 2.17 bits per heavy atom. The van der Waals surface area contributed by atoms with Crippen molar-refractivity contribution in [2.45, 2.75) is 11.8 Å². The Balaban J connectivity index is 0. The van der Waals surface area contributed by atoms with Crippen LogP contribution in [0.4, 0.5) is 0 Å². The van der Waals surface area contributed by atoms with Gasteiger partial charge in [-0.25, -0.2) is 0 Å². The van der Waals surface area contributed by atoms with Gasteiger partial charge in [-0.05, 0) is 18.6 Å². The summed E-state index contributed by atoms with van der Waals surface area (Å²) in [6.07, 6.45) is 0. The third-order valence-electron chi connectivity index (χ3n) is 1.37. The van der Waals surface area contributed by atoms with Crippen molar-refractivity contribution in [1.29, 1.82) is 0 Å². The van der Waals surface area contributed by atoms with Crippen LogP contribution in [0.5, 0.6) is 0 Å². The first-order chi connectivity index (χ1) is 5.02. The molecular weight excluding hydrogens is 187 g/mol. The third-order valence-corrected chi connectivity index (χ3v) is 2.39. The predicted octanol–water partition coefficient (Wildman–Crippen LogP) is -1.64. The standard InChI is InChI=1S/C7H8O3S.Na.H/c1-6-4-2-3-5-7(6)11(8,9)10;;/h2-5H,1H3,(H,8,9,10);;/q;+1;-1. The van der Waals surface area contributed by atoms with Gasteiger partial charge in [-0.15, -0.1) is 0 Å². The number of hydrogen-bond donors (Lipinski definition) is 1. The van der Waals surface area contributed by atoms with Gasteiger partial charge in [0.15, 0.2) is 0 Å². The zero-order chi connectivity index (χ0) is 8.48. The largest absolute Gasteiger partial charge is 1.00 e. The van der Waals surface area contributed by atoms with Crippen LogP contribution in [0.3, 0.4) is 0 Å². The maximum atomic E-state index is 10.6. The molecule has 0 fully saturated rings. The van der Waals surface area contributed by atoms with Gasteiger partial charge >= 0.3 is 29.6 Å². The van der Waals surface area contributed by atoms with Crippen LogP contribution in [0.25, 0.3) is 0 Å². The van der Waals surface area contributed by atoms with Crippen LogP contribution >= 0.6 is 0 Å². The van der Waals surface area contributed by atoms with Crippen molar-refractivity contribution in [3.63, 3.8) is 0 Å². The average Bonchev–Trinajstić information content (AvgIpc) is 1.86. The minimum atomic E-state index is -4.03. The summed E-state index contributed by atoms with van der Waals surface area (Å²) in [4.78, 5) is -0.0278. The summed E-state index contributed by atoms with van der Waals surface area (Å²) in [6.45, 7) is 1.63. The van der Waals surface area contributed by atoms with Gasteiger partial charge in [0.1, 0.15) is 0 Å². The summed E-state index contributed by atoms with van der Waals surface area (Å²) in [5.74, 6) is 0. The van der Waals surface area contributed by atoms with E-state index < -0.39 is 10.1 Å². The Labute approximate surface area is 95.3 Å². The molecule has 0 aliphatic rings. The van der Waals surface area contributed by atoms with E-state index in [9.17, 15) is 8.42 Å². The normalized spacial score (nSPS) is 10.5. The quantitative estimate of drug-likeness (QED) is 0.433. The van der Waals surface area contributed by atoms with Gasteiger partial charge < -0.3 is 1.43 Å². The summed E-state index contributed by atoms with van der Waals surface area (Å²) in [5, 5.41) is 0. The molecule has 1 aromatic carbocycles. The zero-order valence-electron chi connectivity index (χ0n) is 7.98. The molecule has 5 heteroatoms. The monoisotopic (exact) mass is 196 g/mol.